The van der Waals surface area contributed by atoms with Crippen LogP contribution in [0.1, 0.15) is 0 Å². The highest BCUT2D eigenvalue weighted by molar-refractivity contribution is 7.14. The van der Waals surface area contributed by atoms with Crippen molar-refractivity contribution in [3.8, 4) is 21.6 Å². The summed E-state index contributed by atoms with van der Waals surface area (Å²) >= 11 is 1.74. The van der Waals surface area contributed by atoms with Crippen LogP contribution in [-0.2, 0) is 0 Å². The number of hydrogen-bond acceptors (Lipinski definition) is 3. The van der Waals surface area contributed by atoms with Crippen molar-refractivity contribution in [2.75, 3.05) is 0 Å². The lowest BCUT2D eigenvalue weighted by Gasteiger charge is -1.95. The normalized spacial score (nSPS) is 10.4. The molecule has 0 aliphatic carbocycles. The van der Waals surface area contributed by atoms with Crippen molar-refractivity contribution in [3.63, 3.8) is 0 Å². The van der Waals surface area contributed by atoms with E-state index in [0.717, 1.165) is 5.56 Å². The molecule has 0 unspecified atom stereocenters. The highest BCUT2D eigenvalue weighted by Gasteiger charge is 2.03. The first-order chi connectivity index (χ1) is 8.43. The van der Waals surface area contributed by atoms with Gasteiger partial charge in [-0.05, 0) is 40.8 Å². The molecule has 0 atom stereocenters. The molecule has 2 nitrogen and oxygen atoms in total. The Morgan fingerprint density at radius 2 is 1.71 bits per heavy atom. The molecule has 0 aromatic carbocycles. The first-order valence-corrected chi connectivity index (χ1v) is 6.21. The molecule has 0 amide bonds. The average Bonchev–Trinajstić information content (AvgIpc) is 2.90. The number of rotatable bonds is 2. The molecule has 0 bridgehead atoms. The number of nitrogens with zero attached hydrogens (tertiary/aromatic N) is 2. The minimum Gasteiger partial charge on any atom is -0.265 e. The zero-order chi connectivity index (χ0) is 11.5. The van der Waals surface area contributed by atoms with E-state index in [1.807, 2.05) is 36.8 Å². The fourth-order valence-electron chi connectivity index (χ4n) is 1.69. The highest BCUT2D eigenvalue weighted by Crippen LogP contribution is 2.31. The van der Waals surface area contributed by atoms with Gasteiger partial charge in [0.25, 0.3) is 0 Å². The van der Waals surface area contributed by atoms with Gasteiger partial charge >= 0.3 is 0 Å². The summed E-state index contributed by atoms with van der Waals surface area (Å²) in [6, 6.07) is 10.3. The van der Waals surface area contributed by atoms with E-state index in [-0.39, 0.29) is 0 Å². The first kappa shape index (κ1) is 10.2. The summed E-state index contributed by atoms with van der Waals surface area (Å²) in [6.07, 6.45) is 7.32. The van der Waals surface area contributed by atoms with Crippen LogP contribution >= 0.6 is 11.3 Å². The van der Waals surface area contributed by atoms with Crippen LogP contribution in [0.2, 0.25) is 0 Å². The second-order valence-corrected chi connectivity index (χ2v) is 4.59. The fraction of sp³-hybridized carbons (Fsp3) is 0. The molecule has 0 saturated heterocycles. The van der Waals surface area contributed by atoms with Gasteiger partial charge in [-0.1, -0.05) is 6.07 Å². The van der Waals surface area contributed by atoms with Crippen molar-refractivity contribution in [3.05, 3.63) is 60.5 Å². The Morgan fingerprint density at radius 1 is 0.824 bits per heavy atom. The van der Waals surface area contributed by atoms with Gasteiger partial charge in [0.05, 0.1) is 0 Å². The summed E-state index contributed by atoms with van der Waals surface area (Å²) in [5.74, 6) is 0. The summed E-state index contributed by atoms with van der Waals surface area (Å²) in [5.41, 5.74) is 3.60. The summed E-state index contributed by atoms with van der Waals surface area (Å²) in [4.78, 5) is 9.41. The van der Waals surface area contributed by atoms with E-state index >= 15 is 0 Å². The fourth-order valence-corrected chi connectivity index (χ4v) is 2.60. The molecule has 82 valence electrons. The SMILES string of the molecule is c1cncc(-c2cc(-c3ccncc3)cs2)c1. The predicted molar refractivity (Wildman–Crippen MR) is 70.8 cm³/mol. The lowest BCUT2D eigenvalue weighted by atomic mass is 10.1. The zero-order valence-corrected chi connectivity index (χ0v) is 9.89. The molecular formula is C14H10N2S. The molecule has 3 heteroatoms. The molecule has 0 fully saturated rings. The summed E-state index contributed by atoms with van der Waals surface area (Å²) in [6.45, 7) is 0. The molecule has 0 aliphatic heterocycles. The van der Waals surface area contributed by atoms with Gasteiger partial charge in [-0.25, -0.2) is 0 Å². The molecule has 3 aromatic heterocycles. The minimum atomic E-state index is 1.16. The molecule has 3 rings (SSSR count). The molecule has 0 spiro atoms. The van der Waals surface area contributed by atoms with Gasteiger partial charge in [-0.3, -0.25) is 9.97 Å². The molecular weight excluding hydrogens is 228 g/mol. The number of thiophene rings is 1. The monoisotopic (exact) mass is 238 g/mol. The lowest BCUT2D eigenvalue weighted by molar-refractivity contribution is 1.33. The second-order valence-electron chi connectivity index (χ2n) is 3.68. The van der Waals surface area contributed by atoms with E-state index < -0.39 is 0 Å². The van der Waals surface area contributed by atoms with Gasteiger partial charge in [-0.15, -0.1) is 11.3 Å². The molecule has 0 N–H and O–H groups in total. The lowest BCUT2D eigenvalue weighted by Crippen LogP contribution is -1.75. The van der Waals surface area contributed by atoms with E-state index in [4.69, 9.17) is 0 Å². The predicted octanol–water partition coefficient (Wildman–Crippen LogP) is 3.87. The van der Waals surface area contributed by atoms with Gasteiger partial charge in [-0.2, -0.15) is 0 Å². The second kappa shape index (κ2) is 4.47. The van der Waals surface area contributed by atoms with Crippen molar-refractivity contribution in [1.29, 1.82) is 0 Å². The molecule has 0 saturated carbocycles. The Morgan fingerprint density at radius 3 is 2.47 bits per heavy atom. The van der Waals surface area contributed by atoms with Gasteiger partial charge in [0.2, 0.25) is 0 Å². The van der Waals surface area contributed by atoms with Gasteiger partial charge in [0.1, 0.15) is 0 Å². The van der Waals surface area contributed by atoms with Gasteiger partial charge in [0.15, 0.2) is 0 Å². The van der Waals surface area contributed by atoms with Crippen LogP contribution in [0.3, 0.4) is 0 Å². The van der Waals surface area contributed by atoms with Crippen LogP contribution in [0.15, 0.2) is 60.5 Å². The van der Waals surface area contributed by atoms with E-state index in [0.29, 0.717) is 0 Å². The van der Waals surface area contributed by atoms with Crippen molar-refractivity contribution in [2.45, 2.75) is 0 Å². The number of hydrogen-bond donors (Lipinski definition) is 0. The molecule has 3 heterocycles. The van der Waals surface area contributed by atoms with Crippen molar-refractivity contribution >= 4 is 11.3 Å². The average molecular weight is 238 g/mol. The number of aromatic nitrogens is 2. The summed E-state index contributed by atoms with van der Waals surface area (Å²) in [5, 5.41) is 2.16. The van der Waals surface area contributed by atoms with Crippen molar-refractivity contribution < 1.29 is 0 Å². The molecule has 0 radical (unpaired) electrons. The highest BCUT2D eigenvalue weighted by atomic mass is 32.1. The Labute approximate surface area is 104 Å². The van der Waals surface area contributed by atoms with Crippen LogP contribution in [0.25, 0.3) is 21.6 Å². The van der Waals surface area contributed by atoms with Gasteiger partial charge < -0.3 is 0 Å². The quantitative estimate of drug-likeness (QED) is 0.677. The Bertz CT molecular complexity index is 548. The largest absolute Gasteiger partial charge is 0.265 e. The van der Waals surface area contributed by atoms with Crippen molar-refractivity contribution in [2.24, 2.45) is 0 Å². The number of pyridine rings is 2. The van der Waals surface area contributed by atoms with Crippen molar-refractivity contribution in [1.82, 2.24) is 9.97 Å². The molecule has 0 aliphatic rings. The maximum Gasteiger partial charge on any atom is 0.0364 e. The maximum absolute atomic E-state index is 4.14. The maximum atomic E-state index is 4.14. The Hall–Kier alpha value is -2.00. The van der Waals surface area contributed by atoms with E-state index in [2.05, 4.69) is 27.5 Å². The Balaban J connectivity index is 1.99. The smallest absolute Gasteiger partial charge is 0.0364 e. The Kier molecular flexibility index (Phi) is 2.68. The van der Waals surface area contributed by atoms with Crippen LogP contribution in [0, 0.1) is 0 Å². The van der Waals surface area contributed by atoms with E-state index in [1.54, 1.807) is 17.5 Å². The molecule has 17 heavy (non-hydrogen) atoms. The summed E-state index contributed by atoms with van der Waals surface area (Å²) in [7, 11) is 0. The van der Waals surface area contributed by atoms with Crippen LogP contribution in [-0.4, -0.2) is 9.97 Å². The summed E-state index contributed by atoms with van der Waals surface area (Å²) < 4.78 is 0. The van der Waals surface area contributed by atoms with Gasteiger partial charge in [0, 0.05) is 35.2 Å². The van der Waals surface area contributed by atoms with Crippen LogP contribution in [0.4, 0.5) is 0 Å². The van der Waals surface area contributed by atoms with E-state index in [1.165, 1.54) is 16.0 Å². The van der Waals surface area contributed by atoms with E-state index in [9.17, 15) is 0 Å². The zero-order valence-electron chi connectivity index (χ0n) is 9.08. The molecule has 3 aromatic rings. The third-order valence-corrected chi connectivity index (χ3v) is 3.54. The van der Waals surface area contributed by atoms with Crippen LogP contribution < -0.4 is 0 Å². The third-order valence-electron chi connectivity index (χ3n) is 2.56. The standard InChI is InChI=1S/C14H10N2S/c1-2-12(9-16-5-1)14-8-13(10-17-14)11-3-6-15-7-4-11/h1-10H. The first-order valence-electron chi connectivity index (χ1n) is 5.33. The minimum absolute atomic E-state index is 1.16. The topological polar surface area (TPSA) is 25.8 Å². The van der Waals surface area contributed by atoms with Crippen LogP contribution in [0.5, 0.6) is 0 Å². The third kappa shape index (κ3) is 2.10.